The molecule has 1 aromatic carbocycles. The van der Waals surface area contributed by atoms with Crippen molar-refractivity contribution in [2.24, 2.45) is 0 Å². The summed E-state index contributed by atoms with van der Waals surface area (Å²) in [5.74, 6) is 0.133. The Morgan fingerprint density at radius 3 is 2.45 bits per heavy atom. The predicted molar refractivity (Wildman–Crippen MR) is 93.5 cm³/mol. The van der Waals surface area contributed by atoms with Gasteiger partial charge in [-0.1, -0.05) is 23.4 Å². The number of hydrogen-bond donors (Lipinski definition) is 1. The lowest BCUT2D eigenvalue weighted by Crippen LogP contribution is -2.45. The molecule has 0 spiro atoms. The molecule has 120 valence electrons. The standard InChI is InChI=1S/C16H22ClN3OS/c1-9(2)20(10(3)4)15(21)11(5)22-16-18-13-7-6-12(17)8-14(13)19-16/h6-11H,1-5H3,(H,18,19). The van der Waals surface area contributed by atoms with E-state index < -0.39 is 0 Å². The van der Waals surface area contributed by atoms with Gasteiger partial charge < -0.3 is 9.88 Å². The summed E-state index contributed by atoms with van der Waals surface area (Å²) in [6.07, 6.45) is 0. The van der Waals surface area contributed by atoms with Crippen molar-refractivity contribution in [3.8, 4) is 0 Å². The van der Waals surface area contributed by atoms with Gasteiger partial charge in [0.2, 0.25) is 5.91 Å². The minimum atomic E-state index is -0.194. The molecule has 1 N–H and O–H groups in total. The highest BCUT2D eigenvalue weighted by molar-refractivity contribution is 8.00. The fourth-order valence-electron chi connectivity index (χ4n) is 2.55. The van der Waals surface area contributed by atoms with Crippen molar-refractivity contribution in [3.63, 3.8) is 0 Å². The molecule has 0 aliphatic rings. The van der Waals surface area contributed by atoms with Gasteiger partial charge in [0, 0.05) is 17.1 Å². The van der Waals surface area contributed by atoms with Gasteiger partial charge in [0.15, 0.2) is 5.16 Å². The van der Waals surface area contributed by atoms with Crippen molar-refractivity contribution in [1.29, 1.82) is 0 Å². The quantitative estimate of drug-likeness (QED) is 0.824. The molecule has 4 nitrogen and oxygen atoms in total. The van der Waals surface area contributed by atoms with Crippen LogP contribution >= 0.6 is 23.4 Å². The minimum Gasteiger partial charge on any atom is -0.337 e. The summed E-state index contributed by atoms with van der Waals surface area (Å²) in [5.41, 5.74) is 1.75. The van der Waals surface area contributed by atoms with E-state index in [2.05, 4.69) is 9.97 Å². The van der Waals surface area contributed by atoms with Gasteiger partial charge in [-0.25, -0.2) is 4.98 Å². The third-order valence-electron chi connectivity index (χ3n) is 3.43. The minimum absolute atomic E-state index is 0.133. The molecule has 2 aromatic rings. The first-order valence-electron chi connectivity index (χ1n) is 7.43. The Kier molecular flexibility index (Phi) is 5.40. The number of H-pyrrole nitrogens is 1. The van der Waals surface area contributed by atoms with Crippen molar-refractivity contribution < 1.29 is 4.79 Å². The number of carbonyl (C=O) groups excluding carboxylic acids is 1. The van der Waals surface area contributed by atoms with Crippen molar-refractivity contribution in [1.82, 2.24) is 14.9 Å². The van der Waals surface area contributed by atoms with Crippen molar-refractivity contribution in [3.05, 3.63) is 23.2 Å². The van der Waals surface area contributed by atoms with Crippen molar-refractivity contribution in [2.45, 2.75) is 57.1 Å². The maximum atomic E-state index is 12.6. The van der Waals surface area contributed by atoms with Crippen LogP contribution in [0.15, 0.2) is 23.4 Å². The molecule has 0 saturated heterocycles. The van der Waals surface area contributed by atoms with Crippen LogP contribution in [0, 0.1) is 0 Å². The Hall–Kier alpha value is -1.20. The van der Waals surface area contributed by atoms with Crippen LogP contribution in [0.1, 0.15) is 34.6 Å². The largest absolute Gasteiger partial charge is 0.337 e. The van der Waals surface area contributed by atoms with Crippen LogP contribution in [-0.2, 0) is 4.79 Å². The summed E-state index contributed by atoms with van der Waals surface area (Å²) in [6.45, 7) is 10.1. The molecule has 2 rings (SSSR count). The van der Waals surface area contributed by atoms with E-state index in [1.807, 2.05) is 57.7 Å². The lowest BCUT2D eigenvalue weighted by atomic mass is 10.2. The van der Waals surface area contributed by atoms with Gasteiger partial charge in [-0.3, -0.25) is 4.79 Å². The number of nitrogens with zero attached hydrogens (tertiary/aromatic N) is 2. The molecule has 0 bridgehead atoms. The van der Waals surface area contributed by atoms with Crippen LogP contribution in [0.2, 0.25) is 5.02 Å². The Bertz CT molecular complexity index is 660. The molecule has 1 aromatic heterocycles. The molecule has 0 fully saturated rings. The summed E-state index contributed by atoms with van der Waals surface area (Å²) in [4.78, 5) is 22.3. The second kappa shape index (κ2) is 6.92. The number of aromatic nitrogens is 2. The zero-order chi connectivity index (χ0) is 16.4. The van der Waals surface area contributed by atoms with Gasteiger partial charge in [0.1, 0.15) is 0 Å². The van der Waals surface area contributed by atoms with E-state index in [0.717, 1.165) is 16.2 Å². The first-order valence-corrected chi connectivity index (χ1v) is 8.69. The maximum Gasteiger partial charge on any atom is 0.236 e. The second-order valence-electron chi connectivity index (χ2n) is 5.90. The highest BCUT2D eigenvalue weighted by atomic mass is 35.5. The number of nitrogens with one attached hydrogen (secondary N) is 1. The van der Waals surface area contributed by atoms with Gasteiger partial charge in [-0.15, -0.1) is 0 Å². The number of hydrogen-bond acceptors (Lipinski definition) is 3. The van der Waals surface area contributed by atoms with Crippen LogP contribution in [-0.4, -0.2) is 38.1 Å². The average Bonchev–Trinajstić information content (AvgIpc) is 2.78. The van der Waals surface area contributed by atoms with Gasteiger partial charge in [0.25, 0.3) is 0 Å². The van der Waals surface area contributed by atoms with E-state index in [1.165, 1.54) is 11.8 Å². The highest BCUT2D eigenvalue weighted by Gasteiger charge is 2.26. The Morgan fingerprint density at radius 2 is 1.86 bits per heavy atom. The third kappa shape index (κ3) is 3.76. The van der Waals surface area contributed by atoms with Crippen LogP contribution in [0.25, 0.3) is 11.0 Å². The molecular formula is C16H22ClN3OS. The summed E-state index contributed by atoms with van der Waals surface area (Å²) in [5, 5.41) is 1.22. The fourth-order valence-corrected chi connectivity index (χ4v) is 3.60. The highest BCUT2D eigenvalue weighted by Crippen LogP contribution is 2.26. The smallest absolute Gasteiger partial charge is 0.236 e. The molecule has 0 aliphatic carbocycles. The van der Waals surface area contributed by atoms with Gasteiger partial charge in [-0.2, -0.15) is 0 Å². The predicted octanol–water partition coefficient (Wildman–Crippen LogP) is 4.34. The average molecular weight is 340 g/mol. The topological polar surface area (TPSA) is 49.0 Å². The number of aromatic amines is 1. The van der Waals surface area contributed by atoms with E-state index in [4.69, 9.17) is 11.6 Å². The molecule has 1 amide bonds. The summed E-state index contributed by atoms with van der Waals surface area (Å²) in [7, 11) is 0. The van der Waals surface area contributed by atoms with Gasteiger partial charge in [-0.05, 0) is 52.8 Å². The number of rotatable bonds is 5. The van der Waals surface area contributed by atoms with E-state index in [0.29, 0.717) is 5.02 Å². The number of amides is 1. The molecule has 0 aliphatic heterocycles. The zero-order valence-electron chi connectivity index (χ0n) is 13.6. The first-order chi connectivity index (χ1) is 10.3. The number of carbonyl (C=O) groups is 1. The lowest BCUT2D eigenvalue weighted by Gasteiger charge is -2.32. The monoisotopic (exact) mass is 339 g/mol. The number of thioether (sulfide) groups is 1. The van der Waals surface area contributed by atoms with Crippen LogP contribution < -0.4 is 0 Å². The first kappa shape index (κ1) is 17.2. The summed E-state index contributed by atoms with van der Waals surface area (Å²) < 4.78 is 0. The number of halogens is 1. The van der Waals surface area contributed by atoms with E-state index in [-0.39, 0.29) is 23.2 Å². The van der Waals surface area contributed by atoms with Crippen molar-refractivity contribution >= 4 is 40.3 Å². The van der Waals surface area contributed by atoms with Crippen LogP contribution in [0.5, 0.6) is 0 Å². The Balaban J connectivity index is 2.15. The summed E-state index contributed by atoms with van der Waals surface area (Å²) in [6, 6.07) is 5.90. The third-order valence-corrected chi connectivity index (χ3v) is 4.63. The normalized spacial score (nSPS) is 13.1. The van der Waals surface area contributed by atoms with Crippen LogP contribution in [0.4, 0.5) is 0 Å². The van der Waals surface area contributed by atoms with Crippen molar-refractivity contribution in [2.75, 3.05) is 0 Å². The van der Waals surface area contributed by atoms with Crippen LogP contribution in [0.3, 0.4) is 0 Å². The van der Waals surface area contributed by atoms with E-state index in [1.54, 1.807) is 0 Å². The van der Waals surface area contributed by atoms with Gasteiger partial charge >= 0.3 is 0 Å². The van der Waals surface area contributed by atoms with E-state index in [9.17, 15) is 4.79 Å². The maximum absolute atomic E-state index is 12.6. The Labute approximate surface area is 140 Å². The second-order valence-corrected chi connectivity index (χ2v) is 7.66. The molecule has 6 heteroatoms. The molecular weight excluding hydrogens is 318 g/mol. The molecule has 0 radical (unpaired) electrons. The number of fused-ring (bicyclic) bond motifs is 1. The molecule has 1 heterocycles. The zero-order valence-corrected chi connectivity index (χ0v) is 15.1. The number of benzene rings is 1. The van der Waals surface area contributed by atoms with E-state index >= 15 is 0 Å². The SMILES string of the molecule is CC(Sc1nc2ccc(Cl)cc2[nH]1)C(=O)N(C(C)C)C(C)C. The fraction of sp³-hybridized carbons (Fsp3) is 0.500. The molecule has 1 atom stereocenters. The molecule has 0 saturated carbocycles. The van der Waals surface area contributed by atoms with Gasteiger partial charge in [0.05, 0.1) is 16.3 Å². The Morgan fingerprint density at radius 1 is 1.23 bits per heavy atom. The number of imidazole rings is 1. The molecule has 22 heavy (non-hydrogen) atoms. The summed E-state index contributed by atoms with van der Waals surface area (Å²) >= 11 is 7.43. The molecule has 1 unspecified atom stereocenters. The lowest BCUT2D eigenvalue weighted by molar-refractivity contribution is -0.133.